The first-order valence-corrected chi connectivity index (χ1v) is 6.25. The number of aryl methyl sites for hydroxylation is 2. The van der Waals surface area contributed by atoms with Gasteiger partial charge in [0.15, 0.2) is 0 Å². The summed E-state index contributed by atoms with van der Waals surface area (Å²) in [7, 11) is 0. The topological polar surface area (TPSA) is 28.7 Å². The van der Waals surface area contributed by atoms with E-state index in [2.05, 4.69) is 42.2 Å². The molecule has 1 aromatic carbocycles. The second-order valence-electron chi connectivity index (χ2n) is 4.48. The largest absolute Gasteiger partial charge is 0.281 e. The van der Waals surface area contributed by atoms with E-state index < -0.39 is 0 Å². The lowest BCUT2D eigenvalue weighted by molar-refractivity contribution is 0.661. The standard InChI is InChI=1S/C14H20N2/c1-3-4-5-6-9-12-14-11(2)8-7-10-13(14)16-15-12/h7-8,10H,3-6,9H2,1-2H3,(H,15,16). The highest BCUT2D eigenvalue weighted by Crippen LogP contribution is 2.21. The number of nitrogens with zero attached hydrogens (tertiary/aromatic N) is 1. The Labute approximate surface area is 97.1 Å². The molecule has 0 amide bonds. The Balaban J connectivity index is 2.12. The zero-order valence-corrected chi connectivity index (χ0v) is 10.2. The van der Waals surface area contributed by atoms with Crippen LogP contribution in [0.25, 0.3) is 10.9 Å². The molecule has 1 heterocycles. The molecule has 0 atom stereocenters. The molecule has 2 aromatic rings. The zero-order chi connectivity index (χ0) is 11.4. The van der Waals surface area contributed by atoms with Crippen LogP contribution in [0.4, 0.5) is 0 Å². The summed E-state index contributed by atoms with van der Waals surface area (Å²) in [6, 6.07) is 6.31. The molecule has 2 rings (SSSR count). The van der Waals surface area contributed by atoms with E-state index in [0.717, 1.165) is 11.9 Å². The number of nitrogens with one attached hydrogen (secondary N) is 1. The molecule has 0 radical (unpaired) electrons. The normalized spacial score (nSPS) is 11.1. The van der Waals surface area contributed by atoms with E-state index in [1.165, 1.54) is 42.3 Å². The van der Waals surface area contributed by atoms with Crippen LogP contribution in [0.2, 0.25) is 0 Å². The number of H-pyrrole nitrogens is 1. The minimum absolute atomic E-state index is 1.10. The average molecular weight is 216 g/mol. The molecule has 0 spiro atoms. The van der Waals surface area contributed by atoms with Crippen LogP contribution in [0.3, 0.4) is 0 Å². The number of rotatable bonds is 5. The molecule has 0 saturated heterocycles. The van der Waals surface area contributed by atoms with Gasteiger partial charge < -0.3 is 0 Å². The summed E-state index contributed by atoms with van der Waals surface area (Å²) in [6.45, 7) is 4.41. The maximum atomic E-state index is 4.35. The van der Waals surface area contributed by atoms with Gasteiger partial charge in [0.1, 0.15) is 0 Å². The van der Waals surface area contributed by atoms with Crippen LogP contribution in [0, 0.1) is 6.92 Å². The lowest BCUT2D eigenvalue weighted by Crippen LogP contribution is -1.88. The third kappa shape index (κ3) is 2.26. The van der Waals surface area contributed by atoms with Crippen molar-refractivity contribution in [2.45, 2.75) is 46.0 Å². The number of benzene rings is 1. The number of aromatic amines is 1. The number of hydrogen-bond donors (Lipinski definition) is 1. The van der Waals surface area contributed by atoms with Crippen molar-refractivity contribution < 1.29 is 0 Å². The van der Waals surface area contributed by atoms with E-state index in [4.69, 9.17) is 0 Å². The highest BCUT2D eigenvalue weighted by molar-refractivity contribution is 5.84. The van der Waals surface area contributed by atoms with Crippen molar-refractivity contribution in [3.05, 3.63) is 29.5 Å². The molecule has 0 aliphatic rings. The van der Waals surface area contributed by atoms with Crippen molar-refractivity contribution in [2.75, 3.05) is 0 Å². The fourth-order valence-corrected chi connectivity index (χ4v) is 2.23. The van der Waals surface area contributed by atoms with E-state index in [1.807, 2.05) is 0 Å². The first-order valence-electron chi connectivity index (χ1n) is 6.25. The maximum Gasteiger partial charge on any atom is 0.0926 e. The summed E-state index contributed by atoms with van der Waals surface area (Å²) >= 11 is 0. The summed E-state index contributed by atoms with van der Waals surface area (Å²) in [5.41, 5.74) is 3.74. The van der Waals surface area contributed by atoms with Gasteiger partial charge in [-0.25, -0.2) is 0 Å². The molecule has 1 N–H and O–H groups in total. The van der Waals surface area contributed by atoms with Crippen LogP contribution < -0.4 is 0 Å². The Bertz CT molecular complexity index is 457. The summed E-state index contributed by atoms with van der Waals surface area (Å²) in [5, 5.41) is 8.87. The molecule has 1 aromatic heterocycles. The quantitative estimate of drug-likeness (QED) is 0.752. The third-order valence-corrected chi connectivity index (χ3v) is 3.14. The van der Waals surface area contributed by atoms with Gasteiger partial charge in [0.05, 0.1) is 5.52 Å². The third-order valence-electron chi connectivity index (χ3n) is 3.14. The maximum absolute atomic E-state index is 4.35. The summed E-state index contributed by atoms with van der Waals surface area (Å²) < 4.78 is 0. The van der Waals surface area contributed by atoms with Crippen LogP contribution >= 0.6 is 0 Å². The van der Waals surface area contributed by atoms with E-state index in [1.54, 1.807) is 0 Å². The Hall–Kier alpha value is -1.31. The lowest BCUT2D eigenvalue weighted by atomic mass is 10.0. The summed E-state index contributed by atoms with van der Waals surface area (Å²) in [4.78, 5) is 0. The van der Waals surface area contributed by atoms with Gasteiger partial charge in [-0.1, -0.05) is 38.3 Å². The number of fused-ring (bicyclic) bond motifs is 1. The van der Waals surface area contributed by atoms with Gasteiger partial charge in [-0.15, -0.1) is 0 Å². The van der Waals surface area contributed by atoms with Gasteiger partial charge in [-0.05, 0) is 31.4 Å². The average Bonchev–Trinajstić information content (AvgIpc) is 2.69. The van der Waals surface area contributed by atoms with Crippen molar-refractivity contribution in [1.29, 1.82) is 0 Å². The Morgan fingerprint density at radius 3 is 2.88 bits per heavy atom. The van der Waals surface area contributed by atoms with Crippen LogP contribution in [0.15, 0.2) is 18.2 Å². The predicted molar refractivity (Wildman–Crippen MR) is 68.7 cm³/mol. The van der Waals surface area contributed by atoms with Gasteiger partial charge in [0, 0.05) is 11.1 Å². The van der Waals surface area contributed by atoms with Crippen molar-refractivity contribution in [3.63, 3.8) is 0 Å². The SMILES string of the molecule is CCCCCCc1[nH]nc2cccc(C)c12. The Morgan fingerprint density at radius 1 is 1.19 bits per heavy atom. The van der Waals surface area contributed by atoms with Crippen LogP contribution in [0.5, 0.6) is 0 Å². The predicted octanol–water partition coefficient (Wildman–Crippen LogP) is 3.99. The second kappa shape index (κ2) is 5.15. The van der Waals surface area contributed by atoms with Gasteiger partial charge in [0.2, 0.25) is 0 Å². The molecule has 2 nitrogen and oxygen atoms in total. The molecule has 2 heteroatoms. The first kappa shape index (κ1) is 11.2. The van der Waals surface area contributed by atoms with E-state index >= 15 is 0 Å². The molecule has 86 valence electrons. The molecule has 0 aliphatic heterocycles. The second-order valence-corrected chi connectivity index (χ2v) is 4.48. The molecule has 16 heavy (non-hydrogen) atoms. The zero-order valence-electron chi connectivity index (χ0n) is 10.2. The molecular weight excluding hydrogens is 196 g/mol. The fraction of sp³-hybridized carbons (Fsp3) is 0.500. The number of aromatic nitrogens is 2. The van der Waals surface area contributed by atoms with Gasteiger partial charge in [-0.3, -0.25) is 5.10 Å². The Kier molecular flexibility index (Phi) is 3.60. The minimum Gasteiger partial charge on any atom is -0.281 e. The molecule has 0 fully saturated rings. The highest BCUT2D eigenvalue weighted by Gasteiger charge is 2.06. The summed E-state index contributed by atoms with van der Waals surface area (Å²) in [6.07, 6.45) is 6.34. The lowest BCUT2D eigenvalue weighted by Gasteiger charge is -2.00. The monoisotopic (exact) mass is 216 g/mol. The van der Waals surface area contributed by atoms with Gasteiger partial charge >= 0.3 is 0 Å². The van der Waals surface area contributed by atoms with Crippen LogP contribution in [-0.4, -0.2) is 10.2 Å². The van der Waals surface area contributed by atoms with Crippen molar-refractivity contribution in [1.82, 2.24) is 10.2 Å². The Morgan fingerprint density at radius 2 is 2.06 bits per heavy atom. The molecular formula is C14H20N2. The van der Waals surface area contributed by atoms with Gasteiger partial charge in [-0.2, -0.15) is 5.10 Å². The van der Waals surface area contributed by atoms with Crippen molar-refractivity contribution in [3.8, 4) is 0 Å². The van der Waals surface area contributed by atoms with Crippen LogP contribution in [0.1, 0.15) is 43.9 Å². The first-order chi connectivity index (χ1) is 7.83. The van der Waals surface area contributed by atoms with E-state index in [0.29, 0.717) is 0 Å². The fourth-order valence-electron chi connectivity index (χ4n) is 2.23. The number of unbranched alkanes of at least 4 members (excludes halogenated alkanes) is 3. The van der Waals surface area contributed by atoms with Crippen molar-refractivity contribution in [2.24, 2.45) is 0 Å². The van der Waals surface area contributed by atoms with E-state index in [-0.39, 0.29) is 0 Å². The smallest absolute Gasteiger partial charge is 0.0926 e. The molecule has 0 saturated carbocycles. The molecule has 0 unspecified atom stereocenters. The molecule has 0 aliphatic carbocycles. The molecule has 0 bridgehead atoms. The van der Waals surface area contributed by atoms with Crippen LogP contribution in [-0.2, 0) is 6.42 Å². The summed E-state index contributed by atoms with van der Waals surface area (Å²) in [5.74, 6) is 0. The van der Waals surface area contributed by atoms with E-state index in [9.17, 15) is 0 Å². The minimum atomic E-state index is 1.10. The van der Waals surface area contributed by atoms with Crippen molar-refractivity contribution >= 4 is 10.9 Å². The number of hydrogen-bond acceptors (Lipinski definition) is 1. The van der Waals surface area contributed by atoms with Gasteiger partial charge in [0.25, 0.3) is 0 Å². The highest BCUT2D eigenvalue weighted by atomic mass is 15.1.